The Morgan fingerprint density at radius 1 is 1.31 bits per heavy atom. The molecule has 0 saturated heterocycles. The first kappa shape index (κ1) is 18.0. The molecule has 3 rings (SSSR count). The highest BCUT2D eigenvalue weighted by Crippen LogP contribution is 2.17. The zero-order valence-corrected chi connectivity index (χ0v) is 14.1. The van der Waals surface area contributed by atoms with Gasteiger partial charge in [-0.05, 0) is 18.2 Å². The normalized spacial score (nSPS) is 15.6. The summed E-state index contributed by atoms with van der Waals surface area (Å²) in [6.07, 6.45) is 0.465. The zero-order valence-electron chi connectivity index (χ0n) is 14.1. The van der Waals surface area contributed by atoms with E-state index in [2.05, 4.69) is 15.7 Å². The van der Waals surface area contributed by atoms with Crippen molar-refractivity contribution in [1.82, 2.24) is 20.4 Å². The molecule has 0 spiro atoms. The number of amides is 2. The Labute approximate surface area is 148 Å². The summed E-state index contributed by atoms with van der Waals surface area (Å²) in [4.78, 5) is 24.1. The van der Waals surface area contributed by atoms with Crippen molar-refractivity contribution in [2.24, 2.45) is 0 Å². The number of benzene rings is 1. The summed E-state index contributed by atoms with van der Waals surface area (Å²) < 4.78 is 33.1. The van der Waals surface area contributed by atoms with E-state index in [-0.39, 0.29) is 17.5 Å². The molecule has 0 fully saturated rings. The van der Waals surface area contributed by atoms with Gasteiger partial charge in [0.15, 0.2) is 0 Å². The molecule has 0 aliphatic carbocycles. The molecule has 2 N–H and O–H groups in total. The summed E-state index contributed by atoms with van der Waals surface area (Å²) >= 11 is 0. The third kappa shape index (κ3) is 3.88. The van der Waals surface area contributed by atoms with E-state index in [1.54, 1.807) is 17.9 Å². The molecule has 2 heterocycles. The topological polar surface area (TPSA) is 85.2 Å². The molecule has 0 bridgehead atoms. The molecule has 0 radical (unpaired) electrons. The molecule has 1 atom stereocenters. The summed E-state index contributed by atoms with van der Waals surface area (Å²) in [7, 11) is 1.55. The first-order valence-electron chi connectivity index (χ1n) is 8.07. The predicted molar refractivity (Wildman–Crippen MR) is 87.8 cm³/mol. The third-order valence-electron chi connectivity index (χ3n) is 4.05. The molecule has 26 heavy (non-hydrogen) atoms. The second kappa shape index (κ2) is 7.61. The molecule has 1 aromatic carbocycles. The van der Waals surface area contributed by atoms with Crippen molar-refractivity contribution in [1.29, 1.82) is 0 Å². The van der Waals surface area contributed by atoms with E-state index in [9.17, 15) is 18.4 Å². The van der Waals surface area contributed by atoms with Crippen LogP contribution >= 0.6 is 0 Å². The maximum Gasteiger partial charge on any atom is 0.271 e. The van der Waals surface area contributed by atoms with Gasteiger partial charge in [0, 0.05) is 31.8 Å². The standard InChI is InChI=1S/C17H18F2N4O3/c1-26-5-4-20-17(25)15-8-12-7-11(9-23(12)22-15)21-16(24)13-3-2-10(18)6-14(13)19/h2-3,6,8,11H,4-5,7,9H2,1H3,(H,20,25)(H,21,24)/t11-/m0/s1. The van der Waals surface area contributed by atoms with Crippen LogP contribution < -0.4 is 10.6 Å². The largest absolute Gasteiger partial charge is 0.383 e. The Kier molecular flexibility index (Phi) is 5.27. The Hall–Kier alpha value is -2.81. The van der Waals surface area contributed by atoms with Crippen LogP contribution in [0.2, 0.25) is 0 Å². The fourth-order valence-electron chi connectivity index (χ4n) is 2.81. The minimum absolute atomic E-state index is 0.214. The number of carbonyl (C=O) groups is 2. The van der Waals surface area contributed by atoms with Crippen LogP contribution in [0.5, 0.6) is 0 Å². The Morgan fingerprint density at radius 2 is 2.12 bits per heavy atom. The highest BCUT2D eigenvalue weighted by molar-refractivity contribution is 5.94. The first-order valence-corrected chi connectivity index (χ1v) is 8.07. The van der Waals surface area contributed by atoms with Gasteiger partial charge in [0.05, 0.1) is 24.8 Å². The minimum Gasteiger partial charge on any atom is -0.383 e. The van der Waals surface area contributed by atoms with Crippen molar-refractivity contribution in [3.8, 4) is 0 Å². The quantitative estimate of drug-likeness (QED) is 0.746. The van der Waals surface area contributed by atoms with Crippen LogP contribution in [0.3, 0.4) is 0 Å². The highest BCUT2D eigenvalue weighted by atomic mass is 19.1. The number of nitrogens with one attached hydrogen (secondary N) is 2. The minimum atomic E-state index is -0.909. The number of halogens is 2. The van der Waals surface area contributed by atoms with Crippen LogP contribution in [-0.2, 0) is 17.7 Å². The van der Waals surface area contributed by atoms with Gasteiger partial charge in [0.25, 0.3) is 11.8 Å². The molecule has 1 aromatic heterocycles. The lowest BCUT2D eigenvalue weighted by Crippen LogP contribution is -2.36. The van der Waals surface area contributed by atoms with Crippen molar-refractivity contribution in [3.05, 3.63) is 52.9 Å². The molecule has 1 aliphatic rings. The molecular formula is C17H18F2N4O3. The van der Waals surface area contributed by atoms with Crippen LogP contribution in [0, 0.1) is 11.6 Å². The molecule has 0 saturated carbocycles. The highest BCUT2D eigenvalue weighted by Gasteiger charge is 2.27. The third-order valence-corrected chi connectivity index (χ3v) is 4.05. The van der Waals surface area contributed by atoms with Crippen LogP contribution in [0.25, 0.3) is 0 Å². The smallest absolute Gasteiger partial charge is 0.271 e. The fourth-order valence-corrected chi connectivity index (χ4v) is 2.81. The van der Waals surface area contributed by atoms with E-state index in [0.29, 0.717) is 37.9 Å². The average molecular weight is 364 g/mol. The molecule has 2 amide bonds. The van der Waals surface area contributed by atoms with Gasteiger partial charge in [-0.25, -0.2) is 8.78 Å². The average Bonchev–Trinajstić information content (AvgIpc) is 3.13. The molecule has 1 aliphatic heterocycles. The number of hydrogen-bond acceptors (Lipinski definition) is 4. The predicted octanol–water partition coefficient (Wildman–Crippen LogP) is 0.892. The number of ether oxygens (including phenoxy) is 1. The van der Waals surface area contributed by atoms with E-state index in [1.165, 1.54) is 0 Å². The second-order valence-corrected chi connectivity index (χ2v) is 5.95. The van der Waals surface area contributed by atoms with Gasteiger partial charge in [-0.1, -0.05) is 0 Å². The second-order valence-electron chi connectivity index (χ2n) is 5.95. The first-order chi connectivity index (χ1) is 12.5. The number of methoxy groups -OCH3 is 1. The summed E-state index contributed by atoms with van der Waals surface area (Å²) in [6.45, 7) is 1.17. The number of carbonyl (C=O) groups excluding carboxylic acids is 2. The van der Waals surface area contributed by atoms with Gasteiger partial charge in [-0.15, -0.1) is 0 Å². The fraction of sp³-hybridized carbons (Fsp3) is 0.353. The van der Waals surface area contributed by atoms with E-state index >= 15 is 0 Å². The van der Waals surface area contributed by atoms with E-state index in [4.69, 9.17) is 4.74 Å². The monoisotopic (exact) mass is 364 g/mol. The maximum atomic E-state index is 13.7. The van der Waals surface area contributed by atoms with Gasteiger partial charge in [-0.3, -0.25) is 14.3 Å². The van der Waals surface area contributed by atoms with E-state index in [0.717, 1.165) is 17.8 Å². The summed E-state index contributed by atoms with van der Waals surface area (Å²) in [6, 6.07) is 4.19. The van der Waals surface area contributed by atoms with Crippen LogP contribution in [0.1, 0.15) is 26.5 Å². The number of hydrogen-bond donors (Lipinski definition) is 2. The van der Waals surface area contributed by atoms with Gasteiger partial charge < -0.3 is 15.4 Å². The van der Waals surface area contributed by atoms with Crippen LogP contribution in [-0.4, -0.2) is 47.9 Å². The van der Waals surface area contributed by atoms with Gasteiger partial charge in [0.1, 0.15) is 17.3 Å². The number of fused-ring (bicyclic) bond motifs is 1. The lowest BCUT2D eigenvalue weighted by Gasteiger charge is -2.12. The summed E-state index contributed by atoms with van der Waals surface area (Å²) in [5, 5.41) is 9.60. The van der Waals surface area contributed by atoms with Gasteiger partial charge in [-0.2, -0.15) is 5.10 Å². The van der Waals surface area contributed by atoms with Crippen molar-refractivity contribution >= 4 is 11.8 Å². The van der Waals surface area contributed by atoms with Gasteiger partial charge in [0.2, 0.25) is 0 Å². The number of nitrogens with zero attached hydrogens (tertiary/aromatic N) is 2. The van der Waals surface area contributed by atoms with Crippen LogP contribution in [0.15, 0.2) is 24.3 Å². The van der Waals surface area contributed by atoms with E-state index in [1.807, 2.05) is 0 Å². The molecule has 138 valence electrons. The molecule has 2 aromatic rings. The Morgan fingerprint density at radius 3 is 2.81 bits per heavy atom. The molecule has 0 unspecified atom stereocenters. The van der Waals surface area contributed by atoms with E-state index < -0.39 is 17.5 Å². The van der Waals surface area contributed by atoms with Crippen molar-refractivity contribution < 1.29 is 23.1 Å². The lowest BCUT2D eigenvalue weighted by molar-refractivity contribution is 0.0919. The van der Waals surface area contributed by atoms with Crippen molar-refractivity contribution in [2.75, 3.05) is 20.3 Å². The summed E-state index contributed by atoms with van der Waals surface area (Å²) in [5.74, 6) is -2.56. The SMILES string of the molecule is COCCNC(=O)c1cc2n(n1)C[C@@H](NC(=O)c1ccc(F)cc1F)C2. The lowest BCUT2D eigenvalue weighted by atomic mass is 10.1. The number of aromatic nitrogens is 2. The Bertz CT molecular complexity index is 814. The Balaban J connectivity index is 1.58. The van der Waals surface area contributed by atoms with Crippen molar-refractivity contribution in [3.63, 3.8) is 0 Å². The maximum absolute atomic E-state index is 13.7. The zero-order chi connectivity index (χ0) is 18.7. The van der Waals surface area contributed by atoms with Gasteiger partial charge >= 0.3 is 0 Å². The van der Waals surface area contributed by atoms with Crippen LogP contribution in [0.4, 0.5) is 8.78 Å². The number of rotatable bonds is 6. The molecular weight excluding hydrogens is 346 g/mol. The molecule has 9 heteroatoms. The molecule has 7 nitrogen and oxygen atoms in total. The summed E-state index contributed by atoms with van der Waals surface area (Å²) in [5.41, 5.74) is 0.881. The van der Waals surface area contributed by atoms with Crippen molar-refractivity contribution in [2.45, 2.75) is 19.0 Å².